The van der Waals surface area contributed by atoms with E-state index in [1.54, 1.807) is 12.1 Å². The first-order valence-corrected chi connectivity index (χ1v) is 7.21. The number of hydrogen-bond acceptors (Lipinski definition) is 3. The molecule has 1 spiro atoms. The highest BCUT2D eigenvalue weighted by Crippen LogP contribution is 2.50. The molecule has 2 amide bonds. The molecule has 4 nitrogen and oxygen atoms in total. The second-order valence-corrected chi connectivity index (χ2v) is 6.07. The number of piperidine rings is 1. The number of ether oxygens (including phenoxy) is 1. The number of imide groups is 1. The normalized spacial score (nSPS) is 33.0. The third-order valence-electron chi connectivity index (χ3n) is 4.55. The maximum absolute atomic E-state index is 13.1. The van der Waals surface area contributed by atoms with E-state index in [0.717, 1.165) is 5.56 Å². The predicted octanol–water partition coefficient (Wildman–Crippen LogP) is 2.14. The first-order chi connectivity index (χ1) is 10.00. The Morgan fingerprint density at radius 1 is 1.29 bits per heavy atom. The summed E-state index contributed by atoms with van der Waals surface area (Å²) in [6.07, 6.45) is 1.65. The van der Waals surface area contributed by atoms with Crippen LogP contribution in [0.4, 0.5) is 4.39 Å². The van der Waals surface area contributed by atoms with Crippen LogP contribution in [0.15, 0.2) is 24.3 Å². The number of halogens is 1. The van der Waals surface area contributed by atoms with Gasteiger partial charge >= 0.3 is 0 Å². The van der Waals surface area contributed by atoms with Crippen molar-refractivity contribution in [1.29, 1.82) is 0 Å². The molecule has 2 fully saturated rings. The summed E-state index contributed by atoms with van der Waals surface area (Å²) in [5.74, 6) is -1.28. The van der Waals surface area contributed by atoms with Gasteiger partial charge in [0.15, 0.2) is 0 Å². The SMILES string of the molecule is CC1CC2(CCO1)CC(=O)NC(=O)C2c1ccc(F)cc1. The number of hydrogen-bond donors (Lipinski definition) is 1. The van der Waals surface area contributed by atoms with Crippen molar-refractivity contribution in [2.45, 2.75) is 38.2 Å². The molecule has 3 atom stereocenters. The van der Waals surface area contributed by atoms with Crippen LogP contribution in [0.3, 0.4) is 0 Å². The van der Waals surface area contributed by atoms with Crippen LogP contribution in [-0.2, 0) is 14.3 Å². The molecule has 1 aromatic carbocycles. The van der Waals surface area contributed by atoms with Gasteiger partial charge in [-0.1, -0.05) is 12.1 Å². The Labute approximate surface area is 122 Å². The fourth-order valence-corrected chi connectivity index (χ4v) is 3.73. The molecule has 1 aromatic rings. The molecule has 2 heterocycles. The highest BCUT2D eigenvalue weighted by Gasteiger charge is 2.51. The summed E-state index contributed by atoms with van der Waals surface area (Å²) >= 11 is 0. The Bertz CT molecular complexity index is 571. The quantitative estimate of drug-likeness (QED) is 0.807. The molecular formula is C16H18FNO3. The molecule has 3 rings (SSSR count). The molecule has 0 radical (unpaired) electrons. The second kappa shape index (κ2) is 5.22. The smallest absolute Gasteiger partial charge is 0.234 e. The first-order valence-electron chi connectivity index (χ1n) is 7.21. The van der Waals surface area contributed by atoms with Crippen LogP contribution in [-0.4, -0.2) is 24.5 Å². The highest BCUT2D eigenvalue weighted by atomic mass is 19.1. The van der Waals surface area contributed by atoms with E-state index in [4.69, 9.17) is 4.74 Å². The van der Waals surface area contributed by atoms with Gasteiger partial charge in [0.05, 0.1) is 12.0 Å². The van der Waals surface area contributed by atoms with Gasteiger partial charge in [-0.3, -0.25) is 14.9 Å². The Morgan fingerprint density at radius 3 is 2.67 bits per heavy atom. The maximum atomic E-state index is 13.1. The molecule has 21 heavy (non-hydrogen) atoms. The molecule has 2 saturated heterocycles. The van der Waals surface area contributed by atoms with Crippen LogP contribution in [0.25, 0.3) is 0 Å². The third kappa shape index (κ3) is 2.58. The van der Waals surface area contributed by atoms with Gasteiger partial charge < -0.3 is 4.74 Å². The van der Waals surface area contributed by atoms with Crippen molar-refractivity contribution in [3.63, 3.8) is 0 Å². The maximum Gasteiger partial charge on any atom is 0.234 e. The van der Waals surface area contributed by atoms with Crippen LogP contribution >= 0.6 is 0 Å². The summed E-state index contributed by atoms with van der Waals surface area (Å²) in [7, 11) is 0. The van der Waals surface area contributed by atoms with Gasteiger partial charge in [0.25, 0.3) is 0 Å². The van der Waals surface area contributed by atoms with Crippen LogP contribution < -0.4 is 5.32 Å². The lowest BCUT2D eigenvalue weighted by atomic mass is 9.62. The van der Waals surface area contributed by atoms with Crippen molar-refractivity contribution in [3.05, 3.63) is 35.6 Å². The predicted molar refractivity (Wildman–Crippen MR) is 74.0 cm³/mol. The second-order valence-electron chi connectivity index (χ2n) is 6.07. The highest BCUT2D eigenvalue weighted by molar-refractivity contribution is 6.02. The molecule has 3 unspecified atom stereocenters. The minimum Gasteiger partial charge on any atom is -0.378 e. The average molecular weight is 291 g/mol. The van der Waals surface area contributed by atoms with Crippen LogP contribution in [0, 0.1) is 11.2 Å². The van der Waals surface area contributed by atoms with E-state index in [9.17, 15) is 14.0 Å². The zero-order chi connectivity index (χ0) is 15.0. The third-order valence-corrected chi connectivity index (χ3v) is 4.55. The summed E-state index contributed by atoms with van der Waals surface area (Å²) in [6, 6.07) is 5.99. The van der Waals surface area contributed by atoms with Crippen molar-refractivity contribution in [3.8, 4) is 0 Å². The number of rotatable bonds is 1. The van der Waals surface area contributed by atoms with E-state index >= 15 is 0 Å². The number of nitrogens with one attached hydrogen (secondary N) is 1. The lowest BCUT2D eigenvalue weighted by molar-refractivity contribution is -0.146. The molecule has 0 aromatic heterocycles. The number of carbonyl (C=O) groups excluding carboxylic acids is 2. The van der Waals surface area contributed by atoms with E-state index in [1.807, 2.05) is 6.92 Å². The van der Waals surface area contributed by atoms with Crippen molar-refractivity contribution in [1.82, 2.24) is 5.32 Å². The van der Waals surface area contributed by atoms with E-state index in [2.05, 4.69) is 5.32 Å². The van der Waals surface area contributed by atoms with Gasteiger partial charge in [-0.15, -0.1) is 0 Å². The van der Waals surface area contributed by atoms with Crippen LogP contribution in [0.5, 0.6) is 0 Å². The van der Waals surface area contributed by atoms with Crippen molar-refractivity contribution >= 4 is 11.8 Å². The molecule has 0 bridgehead atoms. The van der Waals surface area contributed by atoms with Gasteiger partial charge in [0.1, 0.15) is 5.82 Å². The van der Waals surface area contributed by atoms with Crippen molar-refractivity contribution < 1.29 is 18.7 Å². The lowest BCUT2D eigenvalue weighted by Crippen LogP contribution is -2.53. The monoisotopic (exact) mass is 291 g/mol. The molecule has 0 saturated carbocycles. The Hall–Kier alpha value is -1.75. The molecule has 1 N–H and O–H groups in total. The number of benzene rings is 1. The minimum atomic E-state index is -0.429. The average Bonchev–Trinajstić information content (AvgIpc) is 2.39. The van der Waals surface area contributed by atoms with E-state index in [-0.39, 0.29) is 23.7 Å². The van der Waals surface area contributed by atoms with Gasteiger partial charge in [0.2, 0.25) is 11.8 Å². The van der Waals surface area contributed by atoms with Crippen molar-refractivity contribution in [2.24, 2.45) is 5.41 Å². The summed E-state index contributed by atoms with van der Waals surface area (Å²) in [4.78, 5) is 24.3. The summed E-state index contributed by atoms with van der Waals surface area (Å²) in [6.45, 7) is 2.50. The van der Waals surface area contributed by atoms with E-state index in [0.29, 0.717) is 25.9 Å². The van der Waals surface area contributed by atoms with Gasteiger partial charge in [-0.25, -0.2) is 4.39 Å². The minimum absolute atomic E-state index is 0.0143. The zero-order valence-corrected chi connectivity index (χ0v) is 11.9. The Morgan fingerprint density at radius 2 is 2.00 bits per heavy atom. The molecule has 112 valence electrons. The first kappa shape index (κ1) is 14.2. The number of carbonyl (C=O) groups is 2. The molecule has 0 aliphatic carbocycles. The van der Waals surface area contributed by atoms with Crippen molar-refractivity contribution in [2.75, 3.05) is 6.61 Å². The largest absolute Gasteiger partial charge is 0.378 e. The molecular weight excluding hydrogens is 273 g/mol. The fraction of sp³-hybridized carbons (Fsp3) is 0.500. The Kier molecular flexibility index (Phi) is 3.53. The fourth-order valence-electron chi connectivity index (χ4n) is 3.73. The van der Waals surface area contributed by atoms with Crippen LogP contribution in [0.1, 0.15) is 37.7 Å². The lowest BCUT2D eigenvalue weighted by Gasteiger charge is -2.47. The summed E-state index contributed by atoms with van der Waals surface area (Å²) < 4.78 is 18.7. The van der Waals surface area contributed by atoms with Gasteiger partial charge in [0, 0.05) is 13.0 Å². The van der Waals surface area contributed by atoms with Gasteiger partial charge in [-0.05, 0) is 42.9 Å². The van der Waals surface area contributed by atoms with Gasteiger partial charge in [-0.2, -0.15) is 0 Å². The summed E-state index contributed by atoms with van der Waals surface area (Å²) in [5.41, 5.74) is 0.338. The topological polar surface area (TPSA) is 55.4 Å². The van der Waals surface area contributed by atoms with E-state index < -0.39 is 11.3 Å². The molecule has 5 heteroatoms. The van der Waals surface area contributed by atoms with E-state index in [1.165, 1.54) is 12.1 Å². The standard InChI is InChI=1S/C16H18FNO3/c1-10-8-16(6-7-21-10)9-13(19)18-15(20)14(16)11-2-4-12(17)5-3-11/h2-5,10,14H,6-9H2,1H3,(H,18,19,20). The summed E-state index contributed by atoms with van der Waals surface area (Å²) in [5, 5.41) is 2.42. The number of amides is 2. The Balaban J connectivity index is 2.02. The molecule has 2 aliphatic heterocycles. The molecule has 2 aliphatic rings. The zero-order valence-electron chi connectivity index (χ0n) is 11.9. The van der Waals surface area contributed by atoms with Crippen LogP contribution in [0.2, 0.25) is 0 Å².